The summed E-state index contributed by atoms with van der Waals surface area (Å²) in [6.45, 7) is 2.10. The average molecular weight is 397 g/mol. The molecule has 0 saturated carbocycles. The molecule has 0 saturated heterocycles. The summed E-state index contributed by atoms with van der Waals surface area (Å²) in [4.78, 5) is 21.0. The van der Waals surface area contributed by atoms with Crippen LogP contribution in [0.2, 0.25) is 0 Å². The van der Waals surface area contributed by atoms with Crippen LogP contribution in [-0.4, -0.2) is 40.6 Å². The smallest absolute Gasteiger partial charge is 0.235 e. The summed E-state index contributed by atoms with van der Waals surface area (Å²) in [5.74, 6) is 1.49. The lowest BCUT2D eigenvalue weighted by Gasteiger charge is -2.27. The number of nitrogens with zero attached hydrogens (tertiary/aromatic N) is 3. The molecule has 0 spiro atoms. The van der Waals surface area contributed by atoms with E-state index >= 15 is 0 Å². The second kappa shape index (κ2) is 8.16. The molecule has 3 aromatic rings. The van der Waals surface area contributed by atoms with Crippen LogP contribution in [0.1, 0.15) is 27.9 Å². The van der Waals surface area contributed by atoms with Crippen molar-refractivity contribution in [3.63, 3.8) is 0 Å². The van der Waals surface area contributed by atoms with E-state index in [0.29, 0.717) is 6.54 Å². The van der Waals surface area contributed by atoms with Gasteiger partial charge in [0.15, 0.2) is 0 Å². The largest absolute Gasteiger partial charge is 0.496 e. The Morgan fingerprint density at radius 2 is 2.21 bits per heavy atom. The molecular weight excluding hydrogens is 372 g/mol. The van der Waals surface area contributed by atoms with Crippen LogP contribution in [0.15, 0.2) is 48.1 Å². The maximum atomic E-state index is 12.9. The third-order valence-electron chi connectivity index (χ3n) is 5.13. The third-order valence-corrected chi connectivity index (χ3v) is 6.15. The van der Waals surface area contributed by atoms with Crippen molar-refractivity contribution in [3.8, 4) is 5.75 Å². The highest BCUT2D eigenvalue weighted by Gasteiger charge is 2.25. The zero-order valence-electron chi connectivity index (χ0n) is 16.1. The lowest BCUT2D eigenvalue weighted by molar-refractivity contribution is -0.123. The van der Waals surface area contributed by atoms with Crippen LogP contribution in [0.3, 0.4) is 0 Å². The number of nitrogens with one attached hydrogen (secondary N) is 1. The first-order valence-corrected chi connectivity index (χ1v) is 10.2. The van der Waals surface area contributed by atoms with E-state index in [-0.39, 0.29) is 11.9 Å². The molecule has 6 nitrogen and oxygen atoms in total. The molecule has 0 radical (unpaired) electrons. The number of methoxy groups -OCH3 is 1. The third kappa shape index (κ3) is 3.81. The van der Waals surface area contributed by atoms with E-state index in [4.69, 9.17) is 4.74 Å². The van der Waals surface area contributed by atoms with Gasteiger partial charge in [-0.05, 0) is 29.5 Å². The lowest BCUT2D eigenvalue weighted by Crippen LogP contribution is -2.41. The van der Waals surface area contributed by atoms with Crippen molar-refractivity contribution in [1.82, 2.24) is 19.8 Å². The summed E-state index contributed by atoms with van der Waals surface area (Å²) in [6.07, 6.45) is 4.63. The highest BCUT2D eigenvalue weighted by Crippen LogP contribution is 2.29. The minimum atomic E-state index is -0.370. The molecule has 0 bridgehead atoms. The van der Waals surface area contributed by atoms with E-state index in [9.17, 15) is 4.79 Å². The number of aromatic nitrogens is 2. The number of carbonyl (C=O) groups excluding carboxylic acids is 1. The van der Waals surface area contributed by atoms with E-state index in [2.05, 4.69) is 26.6 Å². The maximum Gasteiger partial charge on any atom is 0.235 e. The van der Waals surface area contributed by atoms with Crippen molar-refractivity contribution >= 4 is 17.2 Å². The number of carbonyl (C=O) groups is 1. The molecule has 0 aliphatic carbocycles. The van der Waals surface area contributed by atoms with Gasteiger partial charge in [-0.2, -0.15) is 0 Å². The zero-order chi connectivity index (χ0) is 19.5. The van der Waals surface area contributed by atoms with Gasteiger partial charge in [0, 0.05) is 43.0 Å². The molecule has 7 heteroatoms. The summed E-state index contributed by atoms with van der Waals surface area (Å²) in [5, 5.41) is 5.31. The van der Waals surface area contributed by atoms with Gasteiger partial charge in [0.05, 0.1) is 13.7 Å². The Kier molecular flexibility index (Phi) is 5.45. The molecule has 1 N–H and O–H groups in total. The molecule has 1 aliphatic heterocycles. The predicted molar refractivity (Wildman–Crippen MR) is 109 cm³/mol. The summed E-state index contributed by atoms with van der Waals surface area (Å²) in [6, 6.07) is 9.53. The number of amides is 1. The quantitative estimate of drug-likeness (QED) is 0.696. The fraction of sp³-hybridized carbons (Fsp3) is 0.333. The fourth-order valence-corrected chi connectivity index (χ4v) is 4.58. The normalized spacial score (nSPS) is 15.1. The monoisotopic (exact) mass is 396 g/mol. The Labute approximate surface area is 168 Å². The van der Waals surface area contributed by atoms with Crippen LogP contribution in [-0.2, 0) is 24.8 Å². The molecule has 2 aromatic heterocycles. The molecule has 0 fully saturated rings. The summed E-state index contributed by atoms with van der Waals surface area (Å²) in [7, 11) is 3.57. The molecule has 28 heavy (non-hydrogen) atoms. The molecule has 1 aromatic carbocycles. The van der Waals surface area contributed by atoms with Crippen molar-refractivity contribution in [2.75, 3.05) is 20.2 Å². The van der Waals surface area contributed by atoms with Gasteiger partial charge >= 0.3 is 0 Å². The molecule has 1 aliphatic rings. The number of hydrogen-bond acceptors (Lipinski definition) is 5. The number of rotatable bonds is 6. The summed E-state index contributed by atoms with van der Waals surface area (Å²) >= 11 is 1.81. The molecule has 1 unspecified atom stereocenters. The second-order valence-corrected chi connectivity index (χ2v) is 7.97. The van der Waals surface area contributed by atoms with Crippen LogP contribution in [0.25, 0.3) is 0 Å². The Morgan fingerprint density at radius 1 is 1.36 bits per heavy atom. The zero-order valence-corrected chi connectivity index (χ0v) is 16.9. The summed E-state index contributed by atoms with van der Waals surface area (Å²) in [5.41, 5.74) is 2.24. The molecule has 146 valence electrons. The SMILES string of the molecule is COc1ccccc1C(NC(=O)CN1CCc2sccc2C1)c1nccn1C. The standard InChI is InChI=1S/C21H24N4O2S/c1-24-11-9-22-21(24)20(16-5-3-4-6-17(16)27-2)23-19(26)14-25-10-7-18-15(13-25)8-12-28-18/h3-6,8-9,11-12,20H,7,10,13-14H2,1-2H3,(H,23,26). The molecule has 3 heterocycles. The van der Waals surface area contributed by atoms with Gasteiger partial charge in [-0.1, -0.05) is 18.2 Å². The minimum Gasteiger partial charge on any atom is -0.496 e. The molecule has 4 rings (SSSR count). The van der Waals surface area contributed by atoms with Gasteiger partial charge in [0.1, 0.15) is 17.6 Å². The predicted octanol–water partition coefficient (Wildman–Crippen LogP) is 2.75. The number of aryl methyl sites for hydroxylation is 1. The van der Waals surface area contributed by atoms with Crippen LogP contribution >= 0.6 is 11.3 Å². The van der Waals surface area contributed by atoms with Crippen molar-refractivity contribution < 1.29 is 9.53 Å². The van der Waals surface area contributed by atoms with E-state index in [1.807, 2.05) is 42.1 Å². The van der Waals surface area contributed by atoms with Crippen molar-refractivity contribution in [2.24, 2.45) is 7.05 Å². The fourth-order valence-electron chi connectivity index (χ4n) is 3.69. The average Bonchev–Trinajstić information content (AvgIpc) is 3.34. The van der Waals surface area contributed by atoms with E-state index in [0.717, 1.165) is 36.6 Å². The van der Waals surface area contributed by atoms with Crippen LogP contribution in [0, 0.1) is 0 Å². The highest BCUT2D eigenvalue weighted by atomic mass is 32.1. The van der Waals surface area contributed by atoms with Crippen molar-refractivity contribution in [3.05, 3.63) is 69.9 Å². The number of imidazole rings is 1. The number of thiophene rings is 1. The Bertz CT molecular complexity index is 965. The Morgan fingerprint density at radius 3 is 3.00 bits per heavy atom. The number of hydrogen-bond donors (Lipinski definition) is 1. The van der Waals surface area contributed by atoms with Crippen LogP contribution in [0.4, 0.5) is 0 Å². The maximum absolute atomic E-state index is 12.9. The van der Waals surface area contributed by atoms with Gasteiger partial charge < -0.3 is 14.6 Å². The van der Waals surface area contributed by atoms with Crippen molar-refractivity contribution in [1.29, 1.82) is 0 Å². The first-order chi connectivity index (χ1) is 13.7. The first kappa shape index (κ1) is 18.7. The van der Waals surface area contributed by atoms with E-state index < -0.39 is 0 Å². The van der Waals surface area contributed by atoms with E-state index in [1.54, 1.807) is 24.6 Å². The first-order valence-electron chi connectivity index (χ1n) is 9.33. The van der Waals surface area contributed by atoms with Gasteiger partial charge in [-0.3, -0.25) is 9.69 Å². The number of para-hydroxylation sites is 1. The van der Waals surface area contributed by atoms with Crippen LogP contribution in [0.5, 0.6) is 5.75 Å². The molecular formula is C21H24N4O2S. The van der Waals surface area contributed by atoms with E-state index in [1.165, 1.54) is 10.4 Å². The molecule has 1 amide bonds. The highest BCUT2D eigenvalue weighted by molar-refractivity contribution is 7.10. The number of benzene rings is 1. The Hall–Kier alpha value is -2.64. The van der Waals surface area contributed by atoms with Crippen LogP contribution < -0.4 is 10.1 Å². The van der Waals surface area contributed by atoms with Crippen molar-refractivity contribution in [2.45, 2.75) is 19.0 Å². The molecule has 1 atom stereocenters. The summed E-state index contributed by atoms with van der Waals surface area (Å²) < 4.78 is 7.45. The van der Waals surface area contributed by atoms with Gasteiger partial charge in [-0.25, -0.2) is 4.98 Å². The Balaban J connectivity index is 1.53. The minimum absolute atomic E-state index is 0.0161. The lowest BCUT2D eigenvalue weighted by atomic mass is 10.0. The topological polar surface area (TPSA) is 59.4 Å². The second-order valence-electron chi connectivity index (χ2n) is 6.97. The number of ether oxygens (including phenoxy) is 1. The van der Waals surface area contributed by atoms with Gasteiger partial charge in [0.25, 0.3) is 0 Å². The van der Waals surface area contributed by atoms with Gasteiger partial charge in [0.2, 0.25) is 5.91 Å². The number of fused-ring (bicyclic) bond motifs is 1. The van der Waals surface area contributed by atoms with Gasteiger partial charge in [-0.15, -0.1) is 11.3 Å².